The van der Waals surface area contributed by atoms with Gasteiger partial charge in [0.25, 0.3) is 5.91 Å². The normalized spacial score (nSPS) is 11.2. The number of carbonyl (C=O) groups is 1. The molecule has 2 aromatic carbocycles. The molecule has 1 heterocycles. The van der Waals surface area contributed by atoms with Crippen LogP contribution in [0.3, 0.4) is 0 Å². The minimum atomic E-state index is 0.0164. The summed E-state index contributed by atoms with van der Waals surface area (Å²) in [6.07, 6.45) is 14.9. The Kier molecular flexibility index (Phi) is 11.0. The highest BCUT2D eigenvalue weighted by Gasteiger charge is 2.10. The van der Waals surface area contributed by atoms with Crippen molar-refractivity contribution < 1.29 is 4.79 Å². The lowest BCUT2D eigenvalue weighted by molar-refractivity contribution is 0.0953. The van der Waals surface area contributed by atoms with Crippen LogP contribution < -0.4 is 5.32 Å². The Morgan fingerprint density at radius 2 is 1.45 bits per heavy atom. The summed E-state index contributed by atoms with van der Waals surface area (Å²) in [4.78, 5) is 17.1. The van der Waals surface area contributed by atoms with Gasteiger partial charge in [-0.2, -0.15) is 0 Å². The molecule has 0 bridgehead atoms. The lowest BCUT2D eigenvalue weighted by Gasteiger charge is -2.10. The Balaban J connectivity index is 1.39. The molecule has 0 spiro atoms. The van der Waals surface area contributed by atoms with Gasteiger partial charge in [0, 0.05) is 25.1 Å². The maximum atomic E-state index is 12.1. The zero-order valence-electron chi connectivity index (χ0n) is 20.4. The quantitative estimate of drug-likeness (QED) is 0.234. The van der Waals surface area contributed by atoms with Crippen LogP contribution >= 0.6 is 0 Å². The molecule has 0 aliphatic heterocycles. The molecule has 4 nitrogen and oxygen atoms in total. The Morgan fingerprint density at radius 1 is 0.788 bits per heavy atom. The fourth-order valence-electron chi connectivity index (χ4n) is 4.45. The van der Waals surface area contributed by atoms with Crippen LogP contribution in [0.1, 0.15) is 93.7 Å². The Hall–Kier alpha value is -2.62. The second kappa shape index (κ2) is 14.5. The van der Waals surface area contributed by atoms with Crippen molar-refractivity contribution in [3.63, 3.8) is 0 Å². The number of hydrogen-bond donors (Lipinski definition) is 1. The predicted molar refractivity (Wildman–Crippen MR) is 139 cm³/mol. The standard InChI is InChI=1S/C29H41N3O/c1-2-3-4-5-6-7-8-17-24-32-27-21-15-14-20-26(27)31-28(32)22-13-10-16-23-30-29(33)25-18-11-9-12-19-25/h9,11-12,14-15,18-21H,2-8,10,13,16-17,22-24H2,1H3,(H,30,33). The zero-order chi connectivity index (χ0) is 23.1. The first kappa shape index (κ1) is 25.0. The average Bonchev–Trinajstić information content (AvgIpc) is 3.20. The SMILES string of the molecule is CCCCCCCCCCn1c(CCCCCNC(=O)c2ccccc2)nc2ccccc21. The number of imidazole rings is 1. The number of nitrogens with one attached hydrogen (secondary N) is 1. The van der Waals surface area contributed by atoms with E-state index in [2.05, 4.69) is 41.1 Å². The summed E-state index contributed by atoms with van der Waals surface area (Å²) in [5.74, 6) is 1.23. The van der Waals surface area contributed by atoms with Gasteiger partial charge in [-0.3, -0.25) is 4.79 Å². The number of benzene rings is 2. The Morgan fingerprint density at radius 3 is 2.24 bits per heavy atom. The van der Waals surface area contributed by atoms with Crippen molar-refractivity contribution in [3.8, 4) is 0 Å². The first-order chi connectivity index (χ1) is 16.3. The molecule has 0 fully saturated rings. The van der Waals surface area contributed by atoms with Gasteiger partial charge in [0.1, 0.15) is 5.82 Å². The van der Waals surface area contributed by atoms with Crippen LogP contribution in [0.5, 0.6) is 0 Å². The van der Waals surface area contributed by atoms with Crippen molar-refractivity contribution in [2.24, 2.45) is 0 Å². The molecule has 3 rings (SSSR count). The number of amides is 1. The molecule has 178 valence electrons. The fourth-order valence-corrected chi connectivity index (χ4v) is 4.45. The van der Waals surface area contributed by atoms with E-state index < -0.39 is 0 Å². The van der Waals surface area contributed by atoms with E-state index in [4.69, 9.17) is 4.98 Å². The number of para-hydroxylation sites is 2. The van der Waals surface area contributed by atoms with Crippen LogP contribution in [0.25, 0.3) is 11.0 Å². The van der Waals surface area contributed by atoms with Crippen LogP contribution in [0.15, 0.2) is 54.6 Å². The largest absolute Gasteiger partial charge is 0.352 e. The fraction of sp³-hybridized carbons (Fsp3) is 0.517. The molecule has 0 atom stereocenters. The van der Waals surface area contributed by atoms with E-state index >= 15 is 0 Å². The summed E-state index contributed by atoms with van der Waals surface area (Å²) < 4.78 is 2.45. The van der Waals surface area contributed by atoms with Gasteiger partial charge < -0.3 is 9.88 Å². The number of carbonyl (C=O) groups excluding carboxylic acids is 1. The van der Waals surface area contributed by atoms with Crippen LogP contribution in [-0.4, -0.2) is 22.0 Å². The van der Waals surface area contributed by atoms with Gasteiger partial charge in [-0.05, 0) is 43.5 Å². The molecule has 0 radical (unpaired) electrons. The highest BCUT2D eigenvalue weighted by Crippen LogP contribution is 2.19. The van der Waals surface area contributed by atoms with Crippen LogP contribution in [0, 0.1) is 0 Å². The summed E-state index contributed by atoms with van der Waals surface area (Å²) in [5, 5.41) is 3.03. The number of nitrogens with zero attached hydrogens (tertiary/aromatic N) is 2. The van der Waals surface area contributed by atoms with Gasteiger partial charge >= 0.3 is 0 Å². The van der Waals surface area contributed by atoms with E-state index in [1.807, 2.05) is 30.3 Å². The maximum absolute atomic E-state index is 12.1. The molecule has 0 saturated carbocycles. The van der Waals surface area contributed by atoms with Crippen LogP contribution in [0.4, 0.5) is 0 Å². The molecule has 3 aromatic rings. The maximum Gasteiger partial charge on any atom is 0.251 e. The summed E-state index contributed by atoms with van der Waals surface area (Å²) in [6, 6.07) is 18.0. The third-order valence-electron chi connectivity index (χ3n) is 6.37. The topological polar surface area (TPSA) is 46.9 Å². The van der Waals surface area contributed by atoms with Gasteiger partial charge in [-0.25, -0.2) is 4.98 Å². The Bertz CT molecular complexity index is 948. The molecule has 1 aromatic heterocycles. The predicted octanol–water partition coefficient (Wildman–Crippen LogP) is 7.32. The van der Waals surface area contributed by atoms with Crippen molar-refractivity contribution in [2.45, 2.75) is 90.5 Å². The lowest BCUT2D eigenvalue weighted by Crippen LogP contribution is -2.24. The lowest BCUT2D eigenvalue weighted by atomic mass is 10.1. The highest BCUT2D eigenvalue weighted by atomic mass is 16.1. The van der Waals surface area contributed by atoms with Crippen molar-refractivity contribution in [3.05, 3.63) is 66.0 Å². The first-order valence-corrected chi connectivity index (χ1v) is 13.1. The van der Waals surface area contributed by atoms with Gasteiger partial charge in [-0.15, -0.1) is 0 Å². The number of rotatable bonds is 16. The van der Waals surface area contributed by atoms with E-state index in [-0.39, 0.29) is 5.91 Å². The molecule has 0 aliphatic carbocycles. The second-order valence-electron chi connectivity index (χ2n) is 9.08. The van der Waals surface area contributed by atoms with Crippen molar-refractivity contribution >= 4 is 16.9 Å². The summed E-state index contributed by atoms with van der Waals surface area (Å²) in [7, 11) is 0. The summed E-state index contributed by atoms with van der Waals surface area (Å²) in [5.41, 5.74) is 3.11. The first-order valence-electron chi connectivity index (χ1n) is 13.1. The second-order valence-corrected chi connectivity index (χ2v) is 9.08. The molecular weight excluding hydrogens is 406 g/mol. The van der Waals surface area contributed by atoms with E-state index in [9.17, 15) is 4.79 Å². The van der Waals surface area contributed by atoms with E-state index in [0.717, 1.165) is 49.9 Å². The summed E-state index contributed by atoms with van der Waals surface area (Å²) >= 11 is 0. The number of fused-ring (bicyclic) bond motifs is 1. The average molecular weight is 448 g/mol. The number of hydrogen-bond acceptors (Lipinski definition) is 2. The van der Waals surface area contributed by atoms with Crippen LogP contribution in [-0.2, 0) is 13.0 Å². The molecule has 0 unspecified atom stereocenters. The van der Waals surface area contributed by atoms with Crippen molar-refractivity contribution in [2.75, 3.05) is 6.54 Å². The van der Waals surface area contributed by atoms with Crippen LogP contribution in [0.2, 0.25) is 0 Å². The van der Waals surface area contributed by atoms with Gasteiger partial charge in [0.2, 0.25) is 0 Å². The zero-order valence-corrected chi connectivity index (χ0v) is 20.4. The number of unbranched alkanes of at least 4 members (excludes halogenated alkanes) is 9. The highest BCUT2D eigenvalue weighted by molar-refractivity contribution is 5.94. The van der Waals surface area contributed by atoms with Crippen molar-refractivity contribution in [1.29, 1.82) is 0 Å². The third-order valence-corrected chi connectivity index (χ3v) is 6.37. The monoisotopic (exact) mass is 447 g/mol. The molecule has 1 amide bonds. The van der Waals surface area contributed by atoms with E-state index in [1.165, 1.54) is 62.7 Å². The molecular formula is C29H41N3O. The van der Waals surface area contributed by atoms with Gasteiger partial charge in [0.15, 0.2) is 0 Å². The van der Waals surface area contributed by atoms with Gasteiger partial charge in [-0.1, -0.05) is 88.6 Å². The molecule has 0 saturated heterocycles. The van der Waals surface area contributed by atoms with E-state index in [0.29, 0.717) is 0 Å². The third kappa shape index (κ3) is 8.34. The molecule has 0 aliphatic rings. The van der Waals surface area contributed by atoms with Gasteiger partial charge in [0.05, 0.1) is 11.0 Å². The Labute approximate surface area is 199 Å². The minimum absolute atomic E-state index is 0.0164. The molecule has 33 heavy (non-hydrogen) atoms. The number of aryl methyl sites for hydroxylation is 2. The van der Waals surface area contributed by atoms with Crippen molar-refractivity contribution in [1.82, 2.24) is 14.9 Å². The smallest absolute Gasteiger partial charge is 0.251 e. The minimum Gasteiger partial charge on any atom is -0.352 e. The molecule has 1 N–H and O–H groups in total. The number of aromatic nitrogens is 2. The van der Waals surface area contributed by atoms with E-state index in [1.54, 1.807) is 0 Å². The summed E-state index contributed by atoms with van der Waals surface area (Å²) in [6.45, 7) is 4.07. The molecule has 4 heteroatoms.